The molecule has 0 spiro atoms. The minimum Gasteiger partial charge on any atom is -0.462 e. The molecule has 0 saturated heterocycles. The van der Waals surface area contributed by atoms with E-state index in [-0.39, 0.29) is 22.9 Å². The number of hydrogen-bond donors (Lipinski definition) is 1. The van der Waals surface area contributed by atoms with Crippen LogP contribution in [-0.4, -0.2) is 29.4 Å². The number of nitrogens with one attached hydrogen (secondary N) is 1. The maximum Gasteiger partial charge on any atom is 0.343 e. The summed E-state index contributed by atoms with van der Waals surface area (Å²) in [7, 11) is 0. The van der Waals surface area contributed by atoms with Gasteiger partial charge < -0.3 is 10.1 Å². The smallest absolute Gasteiger partial charge is 0.343 e. The van der Waals surface area contributed by atoms with Crippen molar-refractivity contribution < 1.29 is 14.3 Å². The average molecular weight is 295 g/mol. The molecule has 20 heavy (non-hydrogen) atoms. The average Bonchev–Trinajstić information content (AvgIpc) is 3.23. The molecule has 1 aliphatic carbocycles. The van der Waals surface area contributed by atoms with Gasteiger partial charge in [-0.1, -0.05) is 11.6 Å². The van der Waals surface area contributed by atoms with Crippen LogP contribution in [0.15, 0.2) is 30.1 Å². The molecule has 6 heteroatoms. The van der Waals surface area contributed by atoms with Crippen LogP contribution in [0.2, 0.25) is 5.15 Å². The van der Waals surface area contributed by atoms with E-state index in [2.05, 4.69) is 10.3 Å². The van der Waals surface area contributed by atoms with Gasteiger partial charge in [0.05, 0.1) is 12.2 Å². The number of hydrogen-bond acceptors (Lipinski definition) is 5. The zero-order chi connectivity index (χ0) is 14.5. The Bertz CT molecular complexity index is 553. The van der Waals surface area contributed by atoms with Crippen LogP contribution in [0.3, 0.4) is 0 Å². The molecular formula is C14H15ClN2O3. The van der Waals surface area contributed by atoms with Gasteiger partial charge in [0.15, 0.2) is 0 Å². The molecule has 106 valence electrons. The van der Waals surface area contributed by atoms with Crippen molar-refractivity contribution in [1.29, 1.82) is 0 Å². The molecule has 0 aromatic carbocycles. The molecule has 1 aliphatic rings. The molecule has 1 heterocycles. The van der Waals surface area contributed by atoms with E-state index in [9.17, 15) is 9.59 Å². The van der Waals surface area contributed by atoms with E-state index in [1.165, 1.54) is 18.5 Å². The van der Waals surface area contributed by atoms with Gasteiger partial charge in [0.1, 0.15) is 10.7 Å². The van der Waals surface area contributed by atoms with Crippen LogP contribution in [0, 0.1) is 0 Å². The first-order valence-electron chi connectivity index (χ1n) is 6.42. The van der Waals surface area contributed by atoms with E-state index in [1.807, 2.05) is 0 Å². The fraction of sp³-hybridized carbons (Fsp3) is 0.357. The van der Waals surface area contributed by atoms with Gasteiger partial charge in [0, 0.05) is 18.4 Å². The van der Waals surface area contributed by atoms with Gasteiger partial charge in [0.2, 0.25) is 5.78 Å². The summed E-state index contributed by atoms with van der Waals surface area (Å²) in [5.74, 6) is -1.15. The Morgan fingerprint density at radius 1 is 1.55 bits per heavy atom. The van der Waals surface area contributed by atoms with Crippen molar-refractivity contribution in [2.24, 2.45) is 0 Å². The van der Waals surface area contributed by atoms with Crippen molar-refractivity contribution in [3.8, 4) is 0 Å². The summed E-state index contributed by atoms with van der Waals surface area (Å²) in [6, 6.07) is 3.45. The van der Waals surface area contributed by atoms with Gasteiger partial charge in [-0.25, -0.2) is 9.78 Å². The molecule has 1 aromatic rings. The van der Waals surface area contributed by atoms with Crippen molar-refractivity contribution in [3.63, 3.8) is 0 Å². The number of Topliss-reactive ketones (excluding diaryl/α,β-unsaturated/α-hetero) is 1. The molecule has 0 unspecified atom stereocenters. The van der Waals surface area contributed by atoms with Gasteiger partial charge in [-0.2, -0.15) is 0 Å². The monoisotopic (exact) mass is 294 g/mol. The zero-order valence-electron chi connectivity index (χ0n) is 11.1. The first kappa shape index (κ1) is 14.5. The standard InChI is InChI=1S/C14H15ClN2O3/c1-2-20-14(19)11(8-17-9-5-6-9)12(18)10-4-3-7-16-13(10)15/h3-4,7-9,17H,2,5-6H2,1H3. The summed E-state index contributed by atoms with van der Waals surface area (Å²) in [5.41, 5.74) is 0.125. The highest BCUT2D eigenvalue weighted by atomic mass is 35.5. The molecule has 0 amide bonds. The van der Waals surface area contributed by atoms with Gasteiger partial charge in [-0.15, -0.1) is 0 Å². The SMILES string of the molecule is CCOC(=O)C(=CNC1CC1)C(=O)c1cccnc1Cl. The van der Waals surface area contributed by atoms with Crippen molar-refractivity contribution in [2.75, 3.05) is 6.61 Å². The molecular weight excluding hydrogens is 280 g/mol. The molecule has 1 aromatic heterocycles. The van der Waals surface area contributed by atoms with E-state index >= 15 is 0 Å². The summed E-state index contributed by atoms with van der Waals surface area (Å²) < 4.78 is 4.91. The van der Waals surface area contributed by atoms with Crippen molar-refractivity contribution in [1.82, 2.24) is 10.3 Å². The largest absolute Gasteiger partial charge is 0.462 e. The van der Waals surface area contributed by atoms with Crippen molar-refractivity contribution >= 4 is 23.4 Å². The Morgan fingerprint density at radius 2 is 2.30 bits per heavy atom. The number of carbonyl (C=O) groups excluding carboxylic acids is 2. The van der Waals surface area contributed by atoms with Crippen LogP contribution in [0.5, 0.6) is 0 Å². The van der Waals surface area contributed by atoms with Crippen LogP contribution < -0.4 is 5.32 Å². The molecule has 0 aliphatic heterocycles. The van der Waals surface area contributed by atoms with Crippen LogP contribution >= 0.6 is 11.6 Å². The number of esters is 1. The second-order valence-electron chi connectivity index (χ2n) is 4.39. The van der Waals surface area contributed by atoms with Crippen molar-refractivity contribution in [3.05, 3.63) is 40.8 Å². The van der Waals surface area contributed by atoms with E-state index in [1.54, 1.807) is 13.0 Å². The highest BCUT2D eigenvalue weighted by Gasteiger charge is 2.25. The molecule has 2 rings (SSSR count). The Hall–Kier alpha value is -1.88. The summed E-state index contributed by atoms with van der Waals surface area (Å²) in [6.07, 6.45) is 4.97. The molecule has 0 radical (unpaired) electrons. The third kappa shape index (κ3) is 3.57. The van der Waals surface area contributed by atoms with Crippen LogP contribution in [0.1, 0.15) is 30.1 Å². The zero-order valence-corrected chi connectivity index (χ0v) is 11.8. The fourth-order valence-corrected chi connectivity index (χ4v) is 1.78. The first-order chi connectivity index (χ1) is 9.63. The summed E-state index contributed by atoms with van der Waals surface area (Å²) in [5, 5.41) is 3.09. The maximum absolute atomic E-state index is 12.4. The maximum atomic E-state index is 12.4. The van der Waals surface area contributed by atoms with Crippen LogP contribution in [0.4, 0.5) is 0 Å². The normalized spacial score (nSPS) is 14.8. The lowest BCUT2D eigenvalue weighted by atomic mass is 10.1. The van der Waals surface area contributed by atoms with E-state index < -0.39 is 11.8 Å². The van der Waals surface area contributed by atoms with Gasteiger partial charge in [0.25, 0.3) is 0 Å². The van der Waals surface area contributed by atoms with E-state index in [4.69, 9.17) is 16.3 Å². The molecule has 0 bridgehead atoms. The van der Waals surface area contributed by atoms with Gasteiger partial charge in [-0.05, 0) is 31.9 Å². The van der Waals surface area contributed by atoms with Crippen LogP contribution in [-0.2, 0) is 9.53 Å². The number of ketones is 1. The lowest BCUT2D eigenvalue weighted by Gasteiger charge is -2.08. The highest BCUT2D eigenvalue weighted by molar-refractivity contribution is 6.35. The van der Waals surface area contributed by atoms with E-state index in [0.29, 0.717) is 6.04 Å². The number of nitrogens with zero attached hydrogens (tertiary/aromatic N) is 1. The number of ether oxygens (including phenoxy) is 1. The second-order valence-corrected chi connectivity index (χ2v) is 4.75. The Kier molecular flexibility index (Phi) is 4.74. The Morgan fingerprint density at radius 3 is 2.90 bits per heavy atom. The lowest BCUT2D eigenvalue weighted by molar-refractivity contribution is -0.138. The highest BCUT2D eigenvalue weighted by Crippen LogP contribution is 2.20. The minimum absolute atomic E-state index is 0.0614. The Balaban J connectivity index is 2.25. The van der Waals surface area contributed by atoms with Crippen molar-refractivity contribution in [2.45, 2.75) is 25.8 Å². The van der Waals surface area contributed by atoms with Gasteiger partial charge >= 0.3 is 5.97 Å². The lowest BCUT2D eigenvalue weighted by Crippen LogP contribution is -2.21. The number of rotatable bonds is 6. The summed E-state index contributed by atoms with van der Waals surface area (Å²) in [6.45, 7) is 1.89. The first-order valence-corrected chi connectivity index (χ1v) is 6.79. The fourth-order valence-electron chi connectivity index (χ4n) is 1.58. The third-order valence-electron chi connectivity index (χ3n) is 2.78. The predicted octanol–water partition coefficient (Wildman–Crippen LogP) is 2.12. The number of carbonyl (C=O) groups is 2. The molecule has 1 fully saturated rings. The number of pyridine rings is 1. The third-order valence-corrected chi connectivity index (χ3v) is 3.09. The summed E-state index contributed by atoms with van der Waals surface area (Å²) >= 11 is 5.89. The molecule has 5 nitrogen and oxygen atoms in total. The Labute approximate surface area is 122 Å². The molecule has 0 atom stereocenters. The number of aromatic nitrogens is 1. The van der Waals surface area contributed by atoms with Crippen LogP contribution in [0.25, 0.3) is 0 Å². The predicted molar refractivity (Wildman–Crippen MR) is 74.5 cm³/mol. The van der Waals surface area contributed by atoms with Gasteiger partial charge in [-0.3, -0.25) is 4.79 Å². The summed E-state index contributed by atoms with van der Waals surface area (Å²) in [4.78, 5) is 28.1. The molecule has 1 saturated carbocycles. The molecule has 1 N–H and O–H groups in total. The second kappa shape index (κ2) is 6.52. The number of halogens is 1. The minimum atomic E-state index is -0.662. The van der Waals surface area contributed by atoms with E-state index in [0.717, 1.165) is 12.8 Å². The topological polar surface area (TPSA) is 68.3 Å². The quantitative estimate of drug-likeness (QED) is 0.217.